The Hall–Kier alpha value is -1.72. The van der Waals surface area contributed by atoms with E-state index in [0.717, 1.165) is 0 Å². The number of carbonyl (C=O) groups excluding carboxylic acids is 1. The van der Waals surface area contributed by atoms with Crippen molar-refractivity contribution in [1.29, 1.82) is 0 Å². The lowest BCUT2D eigenvalue weighted by Crippen LogP contribution is -2.32. The second-order valence-electron chi connectivity index (χ2n) is 4.84. The molecule has 0 unspecified atom stereocenters. The molecular weight excluding hydrogens is 293 g/mol. The third kappa shape index (κ3) is 3.72. The van der Waals surface area contributed by atoms with Gasteiger partial charge in [0.25, 0.3) is 5.78 Å². The zero-order chi connectivity index (χ0) is 16.9. The van der Waals surface area contributed by atoms with E-state index in [9.17, 15) is 18.0 Å². The van der Waals surface area contributed by atoms with Crippen molar-refractivity contribution in [1.82, 2.24) is 0 Å². The predicted molar refractivity (Wildman–Crippen MR) is 83.9 cm³/mol. The molecule has 0 fully saturated rings. The van der Waals surface area contributed by atoms with Gasteiger partial charge in [-0.3, -0.25) is 4.79 Å². The minimum absolute atomic E-state index is 0.277. The van der Waals surface area contributed by atoms with E-state index >= 15 is 0 Å². The molecule has 0 spiro atoms. The van der Waals surface area contributed by atoms with Gasteiger partial charge in [0.1, 0.15) is 0 Å². The summed E-state index contributed by atoms with van der Waals surface area (Å²) in [5.74, 6) is -1.79. The fourth-order valence-corrected chi connectivity index (χ4v) is 2.56. The molecule has 1 aromatic rings. The van der Waals surface area contributed by atoms with Crippen molar-refractivity contribution in [2.45, 2.75) is 33.9 Å². The third-order valence-corrected chi connectivity index (χ3v) is 3.70. The van der Waals surface area contributed by atoms with Crippen LogP contribution in [0.4, 0.5) is 24.5 Å². The van der Waals surface area contributed by atoms with Crippen LogP contribution in [0.5, 0.6) is 0 Å². The van der Waals surface area contributed by atoms with E-state index in [0.29, 0.717) is 37.6 Å². The Morgan fingerprint density at radius 3 is 1.86 bits per heavy atom. The van der Waals surface area contributed by atoms with Gasteiger partial charge in [-0.05, 0) is 39.8 Å². The van der Waals surface area contributed by atoms with Gasteiger partial charge in [-0.1, -0.05) is 6.07 Å². The molecule has 0 aromatic heterocycles. The number of halogens is 3. The molecule has 6 heteroatoms. The minimum atomic E-state index is -4.87. The van der Waals surface area contributed by atoms with Crippen LogP contribution in [-0.4, -0.2) is 38.1 Å². The van der Waals surface area contributed by atoms with Gasteiger partial charge >= 0.3 is 6.18 Å². The molecule has 0 saturated carbocycles. The van der Waals surface area contributed by atoms with Crippen LogP contribution in [0.15, 0.2) is 18.2 Å². The summed E-state index contributed by atoms with van der Waals surface area (Å²) in [6.07, 6.45) is -4.87. The van der Waals surface area contributed by atoms with Crippen LogP contribution in [0.25, 0.3) is 0 Å². The van der Waals surface area contributed by atoms with Gasteiger partial charge in [-0.15, -0.1) is 0 Å². The second-order valence-corrected chi connectivity index (χ2v) is 4.84. The molecule has 22 heavy (non-hydrogen) atoms. The molecule has 0 aliphatic carbocycles. The molecule has 0 saturated heterocycles. The highest BCUT2D eigenvalue weighted by molar-refractivity contribution is 6.07. The van der Waals surface area contributed by atoms with E-state index in [1.54, 1.807) is 11.0 Å². The maximum Gasteiger partial charge on any atom is 0.454 e. The average Bonchev–Trinajstić information content (AvgIpc) is 2.49. The number of hydrogen-bond acceptors (Lipinski definition) is 3. The van der Waals surface area contributed by atoms with Crippen LogP contribution in [0.3, 0.4) is 0 Å². The molecule has 3 nitrogen and oxygen atoms in total. The lowest BCUT2D eigenvalue weighted by atomic mass is 10.0. The van der Waals surface area contributed by atoms with Crippen molar-refractivity contribution in [3.63, 3.8) is 0 Å². The molecule has 0 N–H and O–H groups in total. The highest BCUT2D eigenvalue weighted by Crippen LogP contribution is 2.36. The summed E-state index contributed by atoms with van der Waals surface area (Å²) < 4.78 is 38.7. The summed E-state index contributed by atoms with van der Waals surface area (Å²) in [6.45, 7) is 10.00. The lowest BCUT2D eigenvalue weighted by molar-refractivity contribution is -0.0884. The van der Waals surface area contributed by atoms with Crippen molar-refractivity contribution in [2.24, 2.45) is 0 Å². The number of hydrogen-bond donors (Lipinski definition) is 0. The first-order valence-electron chi connectivity index (χ1n) is 7.56. The Kier molecular flexibility index (Phi) is 6.26. The van der Waals surface area contributed by atoms with Crippen molar-refractivity contribution in [3.8, 4) is 0 Å². The molecule has 0 heterocycles. The lowest BCUT2D eigenvalue weighted by Gasteiger charge is -2.32. The van der Waals surface area contributed by atoms with E-state index in [-0.39, 0.29) is 5.56 Å². The van der Waals surface area contributed by atoms with Crippen molar-refractivity contribution >= 4 is 17.2 Å². The molecule has 124 valence electrons. The number of rotatable bonds is 7. The number of ketones is 1. The summed E-state index contributed by atoms with van der Waals surface area (Å²) in [7, 11) is 0. The molecule has 1 aromatic carbocycles. The maximum atomic E-state index is 12.9. The van der Waals surface area contributed by atoms with Crippen LogP contribution < -0.4 is 9.80 Å². The molecule has 1 rings (SSSR count). The van der Waals surface area contributed by atoms with Crippen LogP contribution in [0, 0.1) is 0 Å². The van der Waals surface area contributed by atoms with Gasteiger partial charge in [0.2, 0.25) is 0 Å². The van der Waals surface area contributed by atoms with Crippen LogP contribution in [0.1, 0.15) is 38.1 Å². The Bertz CT molecular complexity index is 507. The van der Waals surface area contributed by atoms with Gasteiger partial charge in [0.15, 0.2) is 0 Å². The summed E-state index contributed by atoms with van der Waals surface area (Å²) in [6, 6.07) is 4.55. The fraction of sp³-hybridized carbons (Fsp3) is 0.562. The first-order chi connectivity index (χ1) is 10.3. The predicted octanol–water partition coefficient (Wildman–Crippen LogP) is 4.12. The number of para-hydroxylation sites is 1. The molecule has 0 aliphatic rings. The van der Waals surface area contributed by atoms with Crippen molar-refractivity contribution in [2.75, 3.05) is 36.0 Å². The molecule has 0 aliphatic heterocycles. The number of benzene rings is 1. The zero-order valence-corrected chi connectivity index (χ0v) is 13.5. The number of carbonyl (C=O) groups is 1. The number of anilines is 2. The van der Waals surface area contributed by atoms with Gasteiger partial charge < -0.3 is 9.80 Å². The van der Waals surface area contributed by atoms with Crippen LogP contribution in [-0.2, 0) is 0 Å². The van der Waals surface area contributed by atoms with E-state index in [2.05, 4.69) is 0 Å². The Morgan fingerprint density at radius 2 is 1.45 bits per heavy atom. The van der Waals surface area contributed by atoms with Crippen molar-refractivity contribution < 1.29 is 18.0 Å². The summed E-state index contributed by atoms with van der Waals surface area (Å²) >= 11 is 0. The van der Waals surface area contributed by atoms with Crippen LogP contribution >= 0.6 is 0 Å². The largest absolute Gasteiger partial charge is 0.454 e. The SMILES string of the molecule is CCN(CC)c1cccc(C(=O)C(F)(F)F)c1N(CC)CC. The highest BCUT2D eigenvalue weighted by Gasteiger charge is 2.41. The van der Waals surface area contributed by atoms with Crippen LogP contribution in [0.2, 0.25) is 0 Å². The monoisotopic (exact) mass is 316 g/mol. The number of nitrogens with zero attached hydrogens (tertiary/aromatic N) is 2. The van der Waals surface area contributed by atoms with E-state index < -0.39 is 12.0 Å². The van der Waals surface area contributed by atoms with Gasteiger partial charge in [0, 0.05) is 26.2 Å². The standard InChI is InChI=1S/C16H23F3N2O/c1-5-20(6-2)13-11-9-10-12(15(22)16(17,18)19)14(13)21(7-3)8-4/h9-11H,5-8H2,1-4H3. The van der Waals surface area contributed by atoms with E-state index in [1.165, 1.54) is 12.1 Å². The first kappa shape index (κ1) is 18.3. The summed E-state index contributed by atoms with van der Waals surface area (Å²) in [4.78, 5) is 15.6. The molecule has 0 amide bonds. The fourth-order valence-electron chi connectivity index (χ4n) is 2.56. The molecular formula is C16H23F3N2O. The summed E-state index contributed by atoms with van der Waals surface area (Å²) in [5.41, 5.74) is 0.767. The number of alkyl halides is 3. The second kappa shape index (κ2) is 7.51. The molecule has 0 radical (unpaired) electrons. The first-order valence-corrected chi connectivity index (χ1v) is 7.56. The summed E-state index contributed by atoms with van der Waals surface area (Å²) in [5, 5.41) is 0. The van der Waals surface area contributed by atoms with E-state index in [4.69, 9.17) is 0 Å². The Labute approximate surface area is 129 Å². The smallest absolute Gasteiger partial charge is 0.370 e. The molecule has 0 atom stereocenters. The molecule has 0 bridgehead atoms. The Balaban J connectivity index is 3.57. The number of Topliss-reactive ketones (excluding diaryl/α,β-unsaturated/α-hetero) is 1. The van der Waals surface area contributed by atoms with E-state index in [1.807, 2.05) is 32.6 Å². The maximum absolute atomic E-state index is 12.9. The third-order valence-electron chi connectivity index (χ3n) is 3.70. The minimum Gasteiger partial charge on any atom is -0.370 e. The Morgan fingerprint density at radius 1 is 0.955 bits per heavy atom. The zero-order valence-electron chi connectivity index (χ0n) is 13.5. The quantitative estimate of drug-likeness (QED) is 0.707. The van der Waals surface area contributed by atoms with Gasteiger partial charge in [0.05, 0.1) is 16.9 Å². The topological polar surface area (TPSA) is 23.6 Å². The van der Waals surface area contributed by atoms with Gasteiger partial charge in [-0.25, -0.2) is 0 Å². The average molecular weight is 316 g/mol. The van der Waals surface area contributed by atoms with Crippen molar-refractivity contribution in [3.05, 3.63) is 23.8 Å². The highest BCUT2D eigenvalue weighted by atomic mass is 19.4. The van der Waals surface area contributed by atoms with Gasteiger partial charge in [-0.2, -0.15) is 13.2 Å². The normalized spacial score (nSPS) is 11.4.